The Hall–Kier alpha value is -0.643. The van der Waals surface area contributed by atoms with Crippen molar-refractivity contribution in [1.82, 2.24) is 0 Å². The molecule has 0 heterocycles. The average Bonchev–Trinajstić information content (AvgIpc) is 3.11. The van der Waals surface area contributed by atoms with Gasteiger partial charge < -0.3 is 9.53 Å². The molecule has 2 nitrogen and oxygen atoms in total. The van der Waals surface area contributed by atoms with Crippen LogP contribution >= 0.6 is 0 Å². The van der Waals surface area contributed by atoms with Gasteiger partial charge in [-0.15, -0.1) is 0 Å². The molecular formula is C33H58O2Si. The molecule has 0 spiro atoms. The van der Waals surface area contributed by atoms with Gasteiger partial charge in [-0.05, 0) is 96.9 Å². The second-order valence-electron chi connectivity index (χ2n) is 14.8. The van der Waals surface area contributed by atoms with Crippen molar-refractivity contribution in [1.29, 1.82) is 0 Å². The molecule has 0 aliphatic heterocycles. The zero-order valence-corrected chi connectivity index (χ0v) is 26.3. The van der Waals surface area contributed by atoms with E-state index in [1.165, 1.54) is 56.9 Å². The van der Waals surface area contributed by atoms with Crippen molar-refractivity contribution in [2.75, 3.05) is 0 Å². The van der Waals surface area contributed by atoms with Gasteiger partial charge >= 0.3 is 0 Å². The smallest absolute Gasteiger partial charge is 0.192 e. The summed E-state index contributed by atoms with van der Waals surface area (Å²) in [6.45, 7) is 25.6. The first kappa shape index (κ1) is 29.9. The maximum absolute atomic E-state index is 10.8. The van der Waals surface area contributed by atoms with Crippen molar-refractivity contribution >= 4 is 8.32 Å². The summed E-state index contributed by atoms with van der Waals surface area (Å²) < 4.78 is 6.73. The molecule has 0 bridgehead atoms. The molecule has 6 unspecified atom stereocenters. The molecule has 206 valence electrons. The van der Waals surface area contributed by atoms with Crippen LogP contribution in [0.25, 0.3) is 0 Å². The minimum absolute atomic E-state index is 0.0928. The highest BCUT2D eigenvalue weighted by Crippen LogP contribution is 2.60. The third kappa shape index (κ3) is 6.67. The standard InChI is InChI=1S/C33H58O2Si/c1-23(2)13-11-14-24(3)29-18-19-30-26(15-12-20-33(29,30)8)16-17-27-21-28(22-31(34)25(27)4)35-36(9,10)32(5,6)7/h16-17,23-24,28-31,34H,4,11-15,18-22H2,1-3,5-10H3. The Morgan fingerprint density at radius 1 is 1.14 bits per heavy atom. The second-order valence-corrected chi connectivity index (χ2v) is 19.6. The molecule has 0 radical (unpaired) electrons. The van der Waals surface area contributed by atoms with Gasteiger partial charge in [-0.25, -0.2) is 0 Å². The van der Waals surface area contributed by atoms with Crippen LogP contribution in [0.4, 0.5) is 0 Å². The Labute approximate surface area is 225 Å². The zero-order chi connectivity index (χ0) is 26.9. The summed E-state index contributed by atoms with van der Waals surface area (Å²) >= 11 is 0. The topological polar surface area (TPSA) is 29.5 Å². The van der Waals surface area contributed by atoms with Gasteiger partial charge in [-0.1, -0.05) is 92.0 Å². The van der Waals surface area contributed by atoms with Crippen molar-refractivity contribution < 1.29 is 9.53 Å². The van der Waals surface area contributed by atoms with Gasteiger partial charge in [0.2, 0.25) is 0 Å². The summed E-state index contributed by atoms with van der Waals surface area (Å²) in [7, 11) is -1.87. The summed E-state index contributed by atoms with van der Waals surface area (Å²) in [5.41, 5.74) is 4.22. The average molecular weight is 515 g/mol. The molecule has 0 saturated heterocycles. The number of allylic oxidation sites excluding steroid dienone is 3. The van der Waals surface area contributed by atoms with E-state index < -0.39 is 14.4 Å². The minimum atomic E-state index is -1.87. The van der Waals surface area contributed by atoms with Crippen LogP contribution in [0, 0.1) is 29.1 Å². The fraction of sp³-hybridized carbons (Fsp3) is 0.818. The van der Waals surface area contributed by atoms with Crippen molar-refractivity contribution in [3.05, 3.63) is 35.5 Å². The van der Waals surface area contributed by atoms with Crippen LogP contribution in [0.3, 0.4) is 0 Å². The van der Waals surface area contributed by atoms with E-state index in [4.69, 9.17) is 4.43 Å². The first-order valence-electron chi connectivity index (χ1n) is 15.1. The van der Waals surface area contributed by atoms with E-state index in [0.29, 0.717) is 11.8 Å². The lowest BCUT2D eigenvalue weighted by Crippen LogP contribution is -2.46. The van der Waals surface area contributed by atoms with Crippen LogP contribution in [0.5, 0.6) is 0 Å². The largest absolute Gasteiger partial charge is 0.413 e. The third-order valence-corrected chi connectivity index (χ3v) is 15.2. The Bertz CT molecular complexity index is 829. The minimum Gasteiger partial charge on any atom is -0.413 e. The lowest BCUT2D eigenvalue weighted by Gasteiger charge is -2.44. The summed E-state index contributed by atoms with van der Waals surface area (Å²) in [5, 5.41) is 11.0. The van der Waals surface area contributed by atoms with Crippen molar-refractivity contribution in [2.24, 2.45) is 29.1 Å². The van der Waals surface area contributed by atoms with E-state index >= 15 is 0 Å². The Morgan fingerprint density at radius 3 is 2.47 bits per heavy atom. The number of hydrogen-bond donors (Lipinski definition) is 1. The summed E-state index contributed by atoms with van der Waals surface area (Å²) in [4.78, 5) is 0. The SMILES string of the molecule is C=C1C(=CC=C2CCCC3(C)C2CCC3C(C)CCCC(C)C)CC(O[Si](C)(C)C(C)(C)C)CC1O. The van der Waals surface area contributed by atoms with E-state index in [9.17, 15) is 5.11 Å². The molecule has 0 aromatic heterocycles. The van der Waals surface area contributed by atoms with E-state index in [1.807, 2.05) is 0 Å². The molecule has 6 atom stereocenters. The van der Waals surface area contributed by atoms with Gasteiger partial charge in [0.05, 0.1) is 12.2 Å². The molecule has 3 aliphatic rings. The van der Waals surface area contributed by atoms with Crippen LogP contribution in [0.2, 0.25) is 18.1 Å². The fourth-order valence-corrected chi connectivity index (χ4v) is 8.76. The summed E-state index contributed by atoms with van der Waals surface area (Å²) in [5.74, 6) is 3.24. The van der Waals surface area contributed by atoms with Crippen molar-refractivity contribution in [3.8, 4) is 0 Å². The van der Waals surface area contributed by atoms with Crippen LogP contribution < -0.4 is 0 Å². The molecule has 0 aromatic carbocycles. The highest BCUT2D eigenvalue weighted by atomic mass is 28.4. The van der Waals surface area contributed by atoms with Crippen molar-refractivity contribution in [3.63, 3.8) is 0 Å². The molecule has 3 saturated carbocycles. The third-order valence-electron chi connectivity index (χ3n) is 10.7. The monoisotopic (exact) mass is 514 g/mol. The maximum Gasteiger partial charge on any atom is 0.192 e. The maximum atomic E-state index is 10.8. The van der Waals surface area contributed by atoms with Gasteiger partial charge in [0, 0.05) is 6.42 Å². The van der Waals surface area contributed by atoms with Crippen LogP contribution in [0.1, 0.15) is 113 Å². The van der Waals surface area contributed by atoms with Gasteiger partial charge in [-0.3, -0.25) is 0 Å². The number of fused-ring (bicyclic) bond motifs is 1. The predicted octanol–water partition coefficient (Wildman–Crippen LogP) is 9.62. The van der Waals surface area contributed by atoms with E-state index in [-0.39, 0.29) is 11.1 Å². The van der Waals surface area contributed by atoms with Crippen LogP contribution in [-0.4, -0.2) is 25.6 Å². The lowest BCUT2D eigenvalue weighted by molar-refractivity contribution is 0.0917. The molecule has 1 N–H and O–H groups in total. The molecule has 0 aromatic rings. The highest BCUT2D eigenvalue weighted by Gasteiger charge is 2.50. The van der Waals surface area contributed by atoms with Gasteiger partial charge in [0.25, 0.3) is 0 Å². The second kappa shape index (κ2) is 11.6. The highest BCUT2D eigenvalue weighted by molar-refractivity contribution is 6.74. The summed E-state index contributed by atoms with van der Waals surface area (Å²) in [6.07, 6.45) is 16.7. The van der Waals surface area contributed by atoms with Gasteiger partial charge in [0.15, 0.2) is 8.32 Å². The van der Waals surface area contributed by atoms with Crippen LogP contribution in [-0.2, 0) is 4.43 Å². The van der Waals surface area contributed by atoms with Crippen molar-refractivity contribution in [2.45, 2.75) is 143 Å². The number of rotatable bonds is 8. The Balaban J connectivity index is 1.74. The Morgan fingerprint density at radius 2 is 1.83 bits per heavy atom. The number of hydrogen-bond acceptors (Lipinski definition) is 2. The zero-order valence-electron chi connectivity index (χ0n) is 25.3. The molecule has 0 amide bonds. The molecule has 3 heteroatoms. The fourth-order valence-electron chi connectivity index (χ4n) is 7.39. The lowest BCUT2D eigenvalue weighted by atomic mass is 9.60. The van der Waals surface area contributed by atoms with E-state index in [2.05, 4.69) is 80.3 Å². The normalized spacial score (nSPS) is 35.0. The number of aliphatic hydroxyl groups is 1. The summed E-state index contributed by atoms with van der Waals surface area (Å²) in [6, 6.07) is 0. The van der Waals surface area contributed by atoms with Crippen LogP contribution in [0.15, 0.2) is 35.5 Å². The predicted molar refractivity (Wildman–Crippen MR) is 159 cm³/mol. The van der Waals surface area contributed by atoms with Gasteiger partial charge in [0.1, 0.15) is 0 Å². The quantitative estimate of drug-likeness (QED) is 0.327. The first-order chi connectivity index (χ1) is 16.7. The van der Waals surface area contributed by atoms with E-state index in [1.54, 1.807) is 5.57 Å². The molecule has 3 aliphatic carbocycles. The number of aliphatic hydroxyl groups excluding tert-OH is 1. The molecule has 3 fully saturated rings. The van der Waals surface area contributed by atoms with E-state index in [0.717, 1.165) is 35.7 Å². The Kier molecular flexibility index (Phi) is 9.65. The first-order valence-corrected chi connectivity index (χ1v) is 18.0. The molecule has 36 heavy (non-hydrogen) atoms. The van der Waals surface area contributed by atoms with Gasteiger partial charge in [-0.2, -0.15) is 0 Å². The molecule has 3 rings (SSSR count). The molecular weight excluding hydrogens is 456 g/mol.